The molecular weight excluding hydrogens is 358 g/mol. The summed E-state index contributed by atoms with van der Waals surface area (Å²) in [6.45, 7) is 6.07. The molecule has 23 heavy (non-hydrogen) atoms. The number of carbonyl (C=O) groups excluding carboxylic acids is 2. The highest BCUT2D eigenvalue weighted by molar-refractivity contribution is 9.10. The van der Waals surface area contributed by atoms with E-state index in [4.69, 9.17) is 0 Å². The maximum Gasteiger partial charge on any atom is 0.251 e. The van der Waals surface area contributed by atoms with E-state index in [-0.39, 0.29) is 23.7 Å². The molecule has 0 unspecified atom stereocenters. The first-order chi connectivity index (χ1) is 10.7. The molecule has 0 aromatic heterocycles. The van der Waals surface area contributed by atoms with Gasteiger partial charge >= 0.3 is 0 Å². The van der Waals surface area contributed by atoms with Gasteiger partial charge in [0.05, 0.1) is 0 Å². The van der Waals surface area contributed by atoms with Gasteiger partial charge in [-0.25, -0.2) is 0 Å². The van der Waals surface area contributed by atoms with E-state index in [1.807, 2.05) is 26.2 Å². The maximum atomic E-state index is 11.9. The van der Waals surface area contributed by atoms with Crippen LogP contribution in [0, 0.1) is 5.41 Å². The maximum absolute atomic E-state index is 11.9. The molecule has 128 valence electrons. The molecule has 0 bridgehead atoms. The quantitative estimate of drug-likeness (QED) is 0.723. The van der Waals surface area contributed by atoms with Gasteiger partial charge < -0.3 is 15.5 Å². The van der Waals surface area contributed by atoms with Crippen LogP contribution < -0.4 is 10.6 Å². The number of carbonyl (C=O) groups is 2. The molecule has 2 N–H and O–H groups in total. The molecule has 6 heteroatoms. The Morgan fingerprint density at radius 2 is 1.74 bits per heavy atom. The van der Waals surface area contributed by atoms with Crippen molar-refractivity contribution >= 4 is 27.7 Å². The first-order valence-corrected chi connectivity index (χ1v) is 8.44. The van der Waals surface area contributed by atoms with Crippen LogP contribution in [0.1, 0.15) is 30.6 Å². The number of nitrogens with one attached hydrogen (secondary N) is 2. The van der Waals surface area contributed by atoms with Crippen molar-refractivity contribution in [1.29, 1.82) is 0 Å². The minimum absolute atomic E-state index is 0.0137. The van der Waals surface area contributed by atoms with E-state index in [0.717, 1.165) is 11.0 Å². The molecule has 0 radical (unpaired) electrons. The molecule has 0 heterocycles. The third-order valence-corrected chi connectivity index (χ3v) is 3.78. The lowest BCUT2D eigenvalue weighted by molar-refractivity contribution is -0.121. The summed E-state index contributed by atoms with van der Waals surface area (Å²) in [7, 11) is 4.03. The number of nitrogens with zero attached hydrogens (tertiary/aromatic N) is 1. The summed E-state index contributed by atoms with van der Waals surface area (Å²) in [5.41, 5.74) is 0.598. The highest BCUT2D eigenvalue weighted by atomic mass is 79.9. The molecule has 0 atom stereocenters. The van der Waals surface area contributed by atoms with Crippen molar-refractivity contribution in [2.45, 2.75) is 20.3 Å². The summed E-state index contributed by atoms with van der Waals surface area (Å²) in [5, 5.41) is 5.68. The summed E-state index contributed by atoms with van der Waals surface area (Å²) in [4.78, 5) is 25.9. The smallest absolute Gasteiger partial charge is 0.251 e. The minimum Gasteiger partial charge on any atom is -0.355 e. The number of amides is 2. The Kier molecular flexibility index (Phi) is 7.72. The van der Waals surface area contributed by atoms with Gasteiger partial charge in [-0.2, -0.15) is 0 Å². The molecule has 0 aliphatic carbocycles. The Labute approximate surface area is 146 Å². The standard InChI is InChI=1S/C17H26BrN3O2/c1-17(2,12-21(3)4)11-20-15(22)9-10-19-16(23)13-5-7-14(18)8-6-13/h5-8H,9-12H2,1-4H3,(H,19,23)(H,20,22). The van der Waals surface area contributed by atoms with Gasteiger partial charge in [-0.1, -0.05) is 29.8 Å². The third-order valence-electron chi connectivity index (χ3n) is 3.25. The SMILES string of the molecule is CN(C)CC(C)(C)CNC(=O)CCNC(=O)c1ccc(Br)cc1. The van der Waals surface area contributed by atoms with E-state index >= 15 is 0 Å². The second-order valence-corrected chi connectivity index (χ2v) is 7.61. The third kappa shape index (κ3) is 8.13. The van der Waals surface area contributed by atoms with Crippen molar-refractivity contribution in [3.63, 3.8) is 0 Å². The topological polar surface area (TPSA) is 61.4 Å². The lowest BCUT2D eigenvalue weighted by atomic mass is 9.93. The molecule has 1 aromatic rings. The average molecular weight is 384 g/mol. The highest BCUT2D eigenvalue weighted by Gasteiger charge is 2.19. The van der Waals surface area contributed by atoms with Crippen molar-refractivity contribution in [1.82, 2.24) is 15.5 Å². The Bertz CT molecular complexity index is 527. The zero-order chi connectivity index (χ0) is 17.5. The van der Waals surface area contributed by atoms with Crippen molar-refractivity contribution in [2.24, 2.45) is 5.41 Å². The van der Waals surface area contributed by atoms with Gasteiger partial charge in [0.25, 0.3) is 5.91 Å². The normalized spacial score (nSPS) is 11.4. The molecular formula is C17H26BrN3O2. The molecule has 2 amide bonds. The van der Waals surface area contributed by atoms with Crippen molar-refractivity contribution < 1.29 is 9.59 Å². The van der Waals surface area contributed by atoms with Crippen LogP contribution in [0.4, 0.5) is 0 Å². The first-order valence-electron chi connectivity index (χ1n) is 7.65. The van der Waals surface area contributed by atoms with E-state index in [2.05, 4.69) is 45.3 Å². The Morgan fingerprint density at radius 1 is 1.13 bits per heavy atom. The summed E-state index contributed by atoms with van der Waals surface area (Å²) in [5.74, 6) is -0.217. The Balaban J connectivity index is 2.28. The Hall–Kier alpha value is -1.40. The second kappa shape index (κ2) is 9.03. The van der Waals surface area contributed by atoms with E-state index in [0.29, 0.717) is 18.7 Å². The zero-order valence-corrected chi connectivity index (χ0v) is 15.9. The number of hydrogen-bond acceptors (Lipinski definition) is 3. The number of rotatable bonds is 8. The largest absolute Gasteiger partial charge is 0.355 e. The molecule has 0 fully saturated rings. The van der Waals surface area contributed by atoms with Crippen LogP contribution in [-0.2, 0) is 4.79 Å². The molecule has 0 saturated heterocycles. The summed E-state index contributed by atoms with van der Waals surface area (Å²) in [6, 6.07) is 7.11. The number of benzene rings is 1. The van der Waals surface area contributed by atoms with E-state index < -0.39 is 0 Å². The van der Waals surface area contributed by atoms with Crippen LogP contribution in [0.2, 0.25) is 0 Å². The lowest BCUT2D eigenvalue weighted by Gasteiger charge is -2.28. The molecule has 0 spiro atoms. The highest BCUT2D eigenvalue weighted by Crippen LogP contribution is 2.14. The number of hydrogen-bond donors (Lipinski definition) is 2. The van der Waals surface area contributed by atoms with Crippen LogP contribution >= 0.6 is 15.9 Å². The zero-order valence-electron chi connectivity index (χ0n) is 14.3. The van der Waals surface area contributed by atoms with Gasteiger partial charge in [-0.15, -0.1) is 0 Å². The van der Waals surface area contributed by atoms with Crippen molar-refractivity contribution in [2.75, 3.05) is 33.7 Å². The minimum atomic E-state index is -0.168. The average Bonchev–Trinajstić information content (AvgIpc) is 2.44. The predicted molar refractivity (Wildman–Crippen MR) is 96.4 cm³/mol. The molecule has 5 nitrogen and oxygen atoms in total. The first kappa shape index (κ1) is 19.6. The summed E-state index contributed by atoms with van der Waals surface area (Å²) >= 11 is 3.33. The van der Waals surface area contributed by atoms with Crippen LogP contribution in [0.25, 0.3) is 0 Å². The lowest BCUT2D eigenvalue weighted by Crippen LogP contribution is -2.40. The van der Waals surface area contributed by atoms with Crippen molar-refractivity contribution in [3.05, 3.63) is 34.3 Å². The fraction of sp³-hybridized carbons (Fsp3) is 0.529. The molecule has 1 rings (SSSR count). The van der Waals surface area contributed by atoms with Gasteiger partial charge in [0.2, 0.25) is 5.91 Å². The molecule has 1 aromatic carbocycles. The second-order valence-electron chi connectivity index (χ2n) is 6.69. The van der Waals surface area contributed by atoms with E-state index in [9.17, 15) is 9.59 Å². The van der Waals surface area contributed by atoms with Gasteiger partial charge in [-0.05, 0) is 43.8 Å². The van der Waals surface area contributed by atoms with Gasteiger partial charge in [0.15, 0.2) is 0 Å². The van der Waals surface area contributed by atoms with Crippen LogP contribution in [0.5, 0.6) is 0 Å². The predicted octanol–water partition coefficient (Wildman–Crippen LogP) is 2.27. The Morgan fingerprint density at radius 3 is 2.30 bits per heavy atom. The fourth-order valence-corrected chi connectivity index (χ4v) is 2.60. The monoisotopic (exact) mass is 383 g/mol. The van der Waals surface area contributed by atoms with Crippen LogP contribution in [-0.4, -0.2) is 50.4 Å². The number of halogens is 1. The van der Waals surface area contributed by atoms with E-state index in [1.165, 1.54) is 0 Å². The van der Waals surface area contributed by atoms with E-state index in [1.54, 1.807) is 12.1 Å². The fourth-order valence-electron chi connectivity index (χ4n) is 2.33. The van der Waals surface area contributed by atoms with Gasteiger partial charge in [-0.3, -0.25) is 9.59 Å². The van der Waals surface area contributed by atoms with Crippen LogP contribution in [0.3, 0.4) is 0 Å². The summed E-state index contributed by atoms with van der Waals surface area (Å²) in [6.07, 6.45) is 0.278. The molecule has 0 aliphatic heterocycles. The molecule has 0 aliphatic rings. The van der Waals surface area contributed by atoms with Crippen LogP contribution in [0.15, 0.2) is 28.7 Å². The van der Waals surface area contributed by atoms with Gasteiger partial charge in [0, 0.05) is 36.1 Å². The van der Waals surface area contributed by atoms with Gasteiger partial charge in [0.1, 0.15) is 0 Å². The van der Waals surface area contributed by atoms with Crippen molar-refractivity contribution in [3.8, 4) is 0 Å². The summed E-state index contributed by atoms with van der Waals surface area (Å²) < 4.78 is 0.925. The molecule has 0 saturated carbocycles.